The van der Waals surface area contributed by atoms with Crippen molar-refractivity contribution in [2.45, 2.75) is 24.7 Å². The molecule has 1 aliphatic heterocycles. The Morgan fingerprint density at radius 2 is 1.81 bits per heavy atom. The van der Waals surface area contributed by atoms with E-state index >= 15 is 0 Å². The molecule has 1 saturated heterocycles. The summed E-state index contributed by atoms with van der Waals surface area (Å²) < 4.78 is 28.0. The first-order valence-corrected chi connectivity index (χ1v) is 11.1. The Hall–Kier alpha value is -2.22. The summed E-state index contributed by atoms with van der Waals surface area (Å²) in [6, 6.07) is 14.4. The highest BCUT2D eigenvalue weighted by atomic mass is 32.2. The topological polar surface area (TPSA) is 66.5 Å². The number of anilines is 1. The highest BCUT2D eigenvalue weighted by Crippen LogP contribution is 2.31. The quantitative estimate of drug-likeness (QED) is 0.712. The molecule has 140 valence electrons. The number of nitrogens with zero attached hydrogens (tertiary/aromatic N) is 1. The molecule has 0 radical (unpaired) electrons. The van der Waals surface area contributed by atoms with Gasteiger partial charge in [0, 0.05) is 23.5 Å². The number of hydrogen-bond donors (Lipinski definition) is 1. The summed E-state index contributed by atoms with van der Waals surface area (Å²) in [5, 5.41) is 3.92. The van der Waals surface area contributed by atoms with Crippen LogP contribution in [0.4, 0.5) is 5.69 Å². The highest BCUT2D eigenvalue weighted by Gasteiger charge is 2.27. The van der Waals surface area contributed by atoms with Crippen molar-refractivity contribution in [3.63, 3.8) is 0 Å². The van der Waals surface area contributed by atoms with Gasteiger partial charge >= 0.3 is 0 Å². The fraction of sp³-hybridized carbons (Fsp3) is 0.250. The number of fused-ring (bicyclic) bond motifs is 1. The average Bonchev–Trinajstić information content (AvgIpc) is 3.31. The molecule has 1 aliphatic rings. The number of benzene rings is 2. The van der Waals surface area contributed by atoms with Gasteiger partial charge in [-0.2, -0.15) is 4.31 Å². The molecule has 4 rings (SSSR count). The molecule has 2 heterocycles. The van der Waals surface area contributed by atoms with Gasteiger partial charge in [-0.25, -0.2) is 8.42 Å². The van der Waals surface area contributed by atoms with Crippen LogP contribution >= 0.6 is 11.3 Å². The van der Waals surface area contributed by atoms with Crippen LogP contribution in [0.1, 0.15) is 28.1 Å². The van der Waals surface area contributed by atoms with Crippen LogP contribution in [0.3, 0.4) is 0 Å². The molecule has 1 N–H and O–H groups in total. The lowest BCUT2D eigenvalue weighted by Gasteiger charge is -2.16. The zero-order valence-electron chi connectivity index (χ0n) is 14.9. The molecule has 7 heteroatoms. The minimum Gasteiger partial charge on any atom is -0.321 e. The average molecular weight is 401 g/mol. The second kappa shape index (κ2) is 7.07. The van der Waals surface area contributed by atoms with Crippen LogP contribution in [0, 0.1) is 6.92 Å². The van der Waals surface area contributed by atoms with Crippen LogP contribution in [0.5, 0.6) is 0 Å². The summed E-state index contributed by atoms with van der Waals surface area (Å²) in [5.74, 6) is -0.218. The second-order valence-corrected chi connectivity index (χ2v) is 9.64. The number of amides is 1. The van der Waals surface area contributed by atoms with E-state index in [1.807, 2.05) is 31.2 Å². The lowest BCUT2D eigenvalue weighted by Crippen LogP contribution is -2.27. The van der Waals surface area contributed by atoms with Crippen molar-refractivity contribution in [1.82, 2.24) is 4.31 Å². The Kier molecular flexibility index (Phi) is 4.75. The van der Waals surface area contributed by atoms with E-state index in [-0.39, 0.29) is 10.8 Å². The minimum atomic E-state index is -3.51. The van der Waals surface area contributed by atoms with Gasteiger partial charge in [0.15, 0.2) is 0 Å². The molecule has 0 unspecified atom stereocenters. The van der Waals surface area contributed by atoms with Gasteiger partial charge in [-0.05, 0) is 55.0 Å². The fourth-order valence-corrected chi connectivity index (χ4v) is 6.06. The van der Waals surface area contributed by atoms with Crippen molar-refractivity contribution in [3.8, 4) is 0 Å². The first-order valence-electron chi connectivity index (χ1n) is 8.86. The normalized spacial score (nSPS) is 15.3. The monoisotopic (exact) mass is 400 g/mol. The molecule has 2 aromatic carbocycles. The third-order valence-corrected chi connectivity index (χ3v) is 8.01. The van der Waals surface area contributed by atoms with E-state index in [2.05, 4.69) is 5.32 Å². The number of nitrogens with one attached hydrogen (secondary N) is 1. The van der Waals surface area contributed by atoms with E-state index in [0.29, 0.717) is 23.7 Å². The lowest BCUT2D eigenvalue weighted by molar-refractivity contribution is 0.103. The maximum Gasteiger partial charge on any atom is 0.266 e. The van der Waals surface area contributed by atoms with Gasteiger partial charge in [0.25, 0.3) is 5.91 Å². The fourth-order valence-electron chi connectivity index (χ4n) is 3.39. The van der Waals surface area contributed by atoms with Crippen LogP contribution in [0.15, 0.2) is 53.4 Å². The zero-order valence-corrected chi connectivity index (χ0v) is 16.6. The standard InChI is InChI=1S/C20H20N2O3S2/c1-14-17-9-2-3-10-18(17)26-19(14)20(23)21-15-7-6-8-16(13-15)27(24,25)22-11-4-5-12-22/h2-3,6-10,13H,4-5,11-12H2,1H3,(H,21,23). The van der Waals surface area contributed by atoms with Gasteiger partial charge < -0.3 is 5.32 Å². The van der Waals surface area contributed by atoms with Gasteiger partial charge in [0.1, 0.15) is 0 Å². The molecule has 0 bridgehead atoms. The Morgan fingerprint density at radius 3 is 2.56 bits per heavy atom. The lowest BCUT2D eigenvalue weighted by atomic mass is 10.1. The van der Waals surface area contributed by atoms with E-state index in [1.165, 1.54) is 21.7 Å². The first kappa shape index (κ1) is 18.2. The smallest absolute Gasteiger partial charge is 0.266 e. The van der Waals surface area contributed by atoms with Crippen molar-refractivity contribution in [1.29, 1.82) is 0 Å². The van der Waals surface area contributed by atoms with Gasteiger partial charge in [-0.1, -0.05) is 24.3 Å². The molecule has 0 atom stereocenters. The number of aryl methyl sites for hydroxylation is 1. The number of thiophene rings is 1. The van der Waals surface area contributed by atoms with Crippen LogP contribution in [0.2, 0.25) is 0 Å². The van der Waals surface area contributed by atoms with Gasteiger partial charge in [0.2, 0.25) is 10.0 Å². The van der Waals surface area contributed by atoms with Crippen molar-refractivity contribution in [2.24, 2.45) is 0 Å². The molecule has 27 heavy (non-hydrogen) atoms. The number of hydrogen-bond acceptors (Lipinski definition) is 4. The van der Waals surface area contributed by atoms with Crippen LogP contribution < -0.4 is 5.32 Å². The number of sulfonamides is 1. The highest BCUT2D eigenvalue weighted by molar-refractivity contribution is 7.89. The Labute approximate surface area is 162 Å². The summed E-state index contributed by atoms with van der Waals surface area (Å²) >= 11 is 1.44. The molecule has 1 aromatic heterocycles. The zero-order chi connectivity index (χ0) is 19.0. The molecule has 0 spiro atoms. The van der Waals surface area contributed by atoms with Crippen LogP contribution in [-0.4, -0.2) is 31.7 Å². The number of rotatable bonds is 4. The molecular formula is C20H20N2O3S2. The maximum atomic E-state index is 12.8. The van der Waals surface area contributed by atoms with Crippen molar-refractivity contribution < 1.29 is 13.2 Å². The molecule has 1 amide bonds. The van der Waals surface area contributed by atoms with Crippen molar-refractivity contribution in [3.05, 3.63) is 59.0 Å². The van der Waals surface area contributed by atoms with E-state index in [4.69, 9.17) is 0 Å². The molecule has 3 aromatic rings. The number of carbonyl (C=O) groups excluding carboxylic acids is 1. The first-order chi connectivity index (χ1) is 13.0. The minimum absolute atomic E-state index is 0.218. The maximum absolute atomic E-state index is 12.8. The molecule has 0 saturated carbocycles. The van der Waals surface area contributed by atoms with Crippen molar-refractivity contribution in [2.75, 3.05) is 18.4 Å². The summed E-state index contributed by atoms with van der Waals surface area (Å²) in [5.41, 5.74) is 1.42. The molecule has 5 nitrogen and oxygen atoms in total. The summed E-state index contributed by atoms with van der Waals surface area (Å²) in [6.45, 7) is 3.04. The predicted molar refractivity (Wildman–Crippen MR) is 109 cm³/mol. The van der Waals surface area contributed by atoms with Crippen molar-refractivity contribution >= 4 is 43.0 Å². The molecular weight excluding hydrogens is 380 g/mol. The SMILES string of the molecule is Cc1c(C(=O)Nc2cccc(S(=O)(=O)N3CCCC3)c2)sc2ccccc12. The van der Waals surface area contributed by atoms with Gasteiger partial charge in [-0.15, -0.1) is 11.3 Å². The summed E-state index contributed by atoms with van der Waals surface area (Å²) in [6.07, 6.45) is 1.78. The van der Waals surface area contributed by atoms with Gasteiger partial charge in [0.05, 0.1) is 9.77 Å². The van der Waals surface area contributed by atoms with Crippen LogP contribution in [0.25, 0.3) is 10.1 Å². The third kappa shape index (κ3) is 3.38. The largest absolute Gasteiger partial charge is 0.321 e. The Morgan fingerprint density at radius 1 is 1.07 bits per heavy atom. The third-order valence-electron chi connectivity index (χ3n) is 4.84. The van der Waals surface area contributed by atoms with Gasteiger partial charge in [-0.3, -0.25) is 4.79 Å². The van der Waals surface area contributed by atoms with E-state index in [9.17, 15) is 13.2 Å². The Bertz CT molecular complexity index is 1110. The Balaban J connectivity index is 1.61. The van der Waals surface area contributed by atoms with E-state index < -0.39 is 10.0 Å². The van der Waals surface area contributed by atoms with E-state index in [1.54, 1.807) is 18.2 Å². The molecule has 0 aliphatic carbocycles. The predicted octanol–water partition coefficient (Wildman–Crippen LogP) is 4.25. The molecule has 1 fully saturated rings. The summed E-state index contributed by atoms with van der Waals surface area (Å²) in [4.78, 5) is 13.6. The van der Waals surface area contributed by atoms with Crippen LogP contribution in [-0.2, 0) is 10.0 Å². The van der Waals surface area contributed by atoms with E-state index in [0.717, 1.165) is 28.5 Å². The number of carbonyl (C=O) groups is 1. The summed E-state index contributed by atoms with van der Waals surface area (Å²) in [7, 11) is -3.51. The second-order valence-electron chi connectivity index (χ2n) is 6.65.